The molecule has 1 fully saturated rings. The Morgan fingerprint density at radius 2 is 1.94 bits per heavy atom. The number of benzene rings is 2. The summed E-state index contributed by atoms with van der Waals surface area (Å²) in [6.07, 6.45) is 9.66. The summed E-state index contributed by atoms with van der Waals surface area (Å²) in [6.45, 7) is 13.3. The van der Waals surface area contributed by atoms with Gasteiger partial charge in [-0.25, -0.2) is 0 Å². The van der Waals surface area contributed by atoms with Gasteiger partial charge < -0.3 is 4.90 Å². The number of aliphatic imine (C=N–C) groups is 1. The fourth-order valence-electron chi connectivity index (χ4n) is 5.77. The topological polar surface area (TPSA) is 15.6 Å². The first-order valence-electron chi connectivity index (χ1n) is 12.2. The monoisotopic (exact) mass is 414 g/mol. The molecule has 31 heavy (non-hydrogen) atoms. The molecule has 0 spiro atoms. The maximum Gasteiger partial charge on any atom is 0.0448 e. The number of hydrogen-bond acceptors (Lipinski definition) is 2. The zero-order chi connectivity index (χ0) is 22.0. The van der Waals surface area contributed by atoms with Gasteiger partial charge in [-0.05, 0) is 73.6 Å². The highest BCUT2D eigenvalue weighted by molar-refractivity contribution is 6.05. The molecule has 4 rings (SSSR count). The van der Waals surface area contributed by atoms with Crippen molar-refractivity contribution in [2.24, 2.45) is 4.99 Å². The van der Waals surface area contributed by atoms with Crippen LogP contribution in [0.5, 0.6) is 0 Å². The van der Waals surface area contributed by atoms with Crippen molar-refractivity contribution < 1.29 is 0 Å². The zero-order valence-corrected chi connectivity index (χ0v) is 20.0. The van der Waals surface area contributed by atoms with E-state index in [2.05, 4.69) is 94.1 Å². The van der Waals surface area contributed by atoms with Crippen LogP contribution in [0.2, 0.25) is 0 Å². The molecule has 0 saturated heterocycles. The van der Waals surface area contributed by atoms with Crippen LogP contribution in [0.3, 0.4) is 0 Å². The van der Waals surface area contributed by atoms with Gasteiger partial charge in [-0.15, -0.1) is 0 Å². The van der Waals surface area contributed by atoms with Gasteiger partial charge in [-0.3, -0.25) is 4.99 Å². The Balaban J connectivity index is 1.65. The predicted molar refractivity (Wildman–Crippen MR) is 136 cm³/mol. The van der Waals surface area contributed by atoms with Crippen LogP contribution in [-0.2, 0) is 5.41 Å². The van der Waals surface area contributed by atoms with Crippen LogP contribution < -0.4 is 4.90 Å². The lowest BCUT2D eigenvalue weighted by Crippen LogP contribution is -2.30. The van der Waals surface area contributed by atoms with Crippen molar-refractivity contribution in [1.82, 2.24) is 0 Å². The minimum Gasteiger partial charge on any atom is -0.368 e. The van der Waals surface area contributed by atoms with Crippen LogP contribution in [0.1, 0.15) is 81.5 Å². The van der Waals surface area contributed by atoms with Crippen LogP contribution in [0.4, 0.5) is 5.69 Å². The predicted octanol–water partition coefficient (Wildman–Crippen LogP) is 7.31. The third-order valence-corrected chi connectivity index (χ3v) is 7.38. The summed E-state index contributed by atoms with van der Waals surface area (Å²) in [5, 5.41) is 0. The van der Waals surface area contributed by atoms with Gasteiger partial charge in [0.15, 0.2) is 0 Å². The molecule has 164 valence electrons. The van der Waals surface area contributed by atoms with Gasteiger partial charge in [0.2, 0.25) is 0 Å². The smallest absolute Gasteiger partial charge is 0.0448 e. The third kappa shape index (κ3) is 4.10. The molecule has 0 aromatic heterocycles. The lowest BCUT2D eigenvalue weighted by Gasteiger charge is -2.28. The van der Waals surface area contributed by atoms with Crippen LogP contribution in [0, 0.1) is 6.92 Å². The average molecular weight is 415 g/mol. The molecule has 2 aromatic rings. The molecule has 2 atom stereocenters. The number of aryl methyl sites for hydroxylation is 1. The lowest BCUT2D eigenvalue weighted by molar-refractivity contribution is 0.601. The highest BCUT2D eigenvalue weighted by Crippen LogP contribution is 2.49. The second-order valence-electron chi connectivity index (χ2n) is 9.75. The van der Waals surface area contributed by atoms with E-state index < -0.39 is 0 Å². The van der Waals surface area contributed by atoms with Gasteiger partial charge in [0.05, 0.1) is 0 Å². The Morgan fingerprint density at radius 3 is 2.68 bits per heavy atom. The highest BCUT2D eigenvalue weighted by Gasteiger charge is 2.40. The number of hydrogen-bond donors (Lipinski definition) is 0. The fraction of sp³-hybridized carbons (Fsp3) is 0.483. The summed E-state index contributed by atoms with van der Waals surface area (Å²) in [5.41, 5.74) is 8.06. The maximum atomic E-state index is 5.02. The summed E-state index contributed by atoms with van der Waals surface area (Å²) in [7, 11) is 0. The summed E-state index contributed by atoms with van der Waals surface area (Å²) < 4.78 is 0. The van der Waals surface area contributed by atoms with E-state index in [1.165, 1.54) is 41.6 Å². The number of rotatable bonds is 7. The summed E-state index contributed by atoms with van der Waals surface area (Å²) in [6, 6.07) is 16.5. The SMILES string of the molecule is CCCN=C(/C=C/c1ccc2c(c1)C1CCCC1N2CC)C(C)(C)c1ccccc1C. The van der Waals surface area contributed by atoms with Crippen molar-refractivity contribution in [1.29, 1.82) is 0 Å². The van der Waals surface area contributed by atoms with E-state index in [1.54, 1.807) is 5.56 Å². The Kier molecular flexibility index (Phi) is 6.36. The molecule has 0 bridgehead atoms. The van der Waals surface area contributed by atoms with Crippen LogP contribution in [0.25, 0.3) is 6.08 Å². The standard InChI is InChI=1S/C29H38N2/c1-6-19-30-28(29(4,5)25-13-9-8-11-21(25)3)18-16-22-15-17-27-24(20-22)23-12-10-14-26(23)31(27)7-2/h8-9,11,13,15-18,20,23,26H,6-7,10,12,14,19H2,1-5H3/b18-16+,30-28?. The van der Waals surface area contributed by atoms with E-state index in [4.69, 9.17) is 4.99 Å². The number of allylic oxidation sites excluding steroid dienone is 1. The number of fused-ring (bicyclic) bond motifs is 3. The zero-order valence-electron chi connectivity index (χ0n) is 20.0. The van der Waals surface area contributed by atoms with E-state index >= 15 is 0 Å². The van der Waals surface area contributed by atoms with Gasteiger partial charge >= 0.3 is 0 Å². The second-order valence-corrected chi connectivity index (χ2v) is 9.75. The van der Waals surface area contributed by atoms with Gasteiger partial charge in [-0.1, -0.05) is 63.6 Å². The molecule has 0 amide bonds. The number of anilines is 1. The van der Waals surface area contributed by atoms with Crippen molar-refractivity contribution in [3.8, 4) is 0 Å². The van der Waals surface area contributed by atoms with Gasteiger partial charge in [-0.2, -0.15) is 0 Å². The molecule has 2 heteroatoms. The van der Waals surface area contributed by atoms with E-state index in [0.717, 1.165) is 37.2 Å². The fourth-order valence-corrected chi connectivity index (χ4v) is 5.77. The second kappa shape index (κ2) is 9.02. The molecular weight excluding hydrogens is 376 g/mol. The van der Waals surface area contributed by atoms with E-state index in [0.29, 0.717) is 0 Å². The molecule has 2 unspecified atom stereocenters. The van der Waals surface area contributed by atoms with E-state index in [1.807, 2.05) is 0 Å². The number of likely N-dealkylation sites (N-methyl/N-ethyl adjacent to an activating group) is 1. The maximum absolute atomic E-state index is 5.02. The van der Waals surface area contributed by atoms with E-state index in [9.17, 15) is 0 Å². The summed E-state index contributed by atoms with van der Waals surface area (Å²) >= 11 is 0. The van der Waals surface area contributed by atoms with Gasteiger partial charge in [0, 0.05) is 41.9 Å². The number of nitrogens with zero attached hydrogens (tertiary/aromatic N) is 2. The average Bonchev–Trinajstić information content (AvgIpc) is 3.34. The summed E-state index contributed by atoms with van der Waals surface area (Å²) in [5.74, 6) is 0.722. The highest BCUT2D eigenvalue weighted by atomic mass is 15.2. The molecule has 1 saturated carbocycles. The Morgan fingerprint density at radius 1 is 1.13 bits per heavy atom. The van der Waals surface area contributed by atoms with Crippen molar-refractivity contribution in [2.45, 2.75) is 77.7 Å². The minimum atomic E-state index is -0.122. The lowest BCUT2D eigenvalue weighted by atomic mass is 9.77. The molecule has 2 aliphatic rings. The largest absolute Gasteiger partial charge is 0.368 e. The van der Waals surface area contributed by atoms with Gasteiger partial charge in [0.25, 0.3) is 0 Å². The van der Waals surface area contributed by atoms with Crippen molar-refractivity contribution >= 4 is 17.5 Å². The van der Waals surface area contributed by atoms with Gasteiger partial charge in [0.1, 0.15) is 0 Å². The third-order valence-electron chi connectivity index (χ3n) is 7.38. The van der Waals surface area contributed by atoms with Crippen LogP contribution in [-0.4, -0.2) is 24.8 Å². The van der Waals surface area contributed by atoms with E-state index in [-0.39, 0.29) is 5.41 Å². The molecular formula is C29H38N2. The molecule has 0 N–H and O–H groups in total. The van der Waals surface area contributed by atoms with Crippen molar-refractivity contribution in [3.63, 3.8) is 0 Å². The summed E-state index contributed by atoms with van der Waals surface area (Å²) in [4.78, 5) is 7.65. The van der Waals surface area contributed by atoms with Crippen molar-refractivity contribution in [3.05, 3.63) is 70.8 Å². The minimum absolute atomic E-state index is 0.122. The molecule has 2 nitrogen and oxygen atoms in total. The first-order valence-corrected chi connectivity index (χ1v) is 12.2. The molecule has 1 aliphatic heterocycles. The Bertz CT molecular complexity index is 982. The van der Waals surface area contributed by atoms with Crippen LogP contribution >= 0.6 is 0 Å². The normalized spacial score (nSPS) is 21.1. The van der Waals surface area contributed by atoms with Crippen molar-refractivity contribution in [2.75, 3.05) is 18.0 Å². The molecule has 2 aromatic carbocycles. The Hall–Kier alpha value is -2.35. The molecule has 1 heterocycles. The Labute approximate surface area is 189 Å². The molecule has 0 radical (unpaired) electrons. The van der Waals surface area contributed by atoms with Crippen LogP contribution in [0.15, 0.2) is 53.5 Å². The quantitative estimate of drug-likeness (QED) is 0.434. The first kappa shape index (κ1) is 21.9. The molecule has 1 aliphatic carbocycles. The first-order chi connectivity index (χ1) is 15.0.